The fourth-order valence-electron chi connectivity index (χ4n) is 2.83. The lowest BCUT2D eigenvalue weighted by Crippen LogP contribution is -2.58. The monoisotopic (exact) mass is 213 g/mol. The smallest absolute Gasteiger partial charge is 0.0811 e. The lowest BCUT2D eigenvalue weighted by molar-refractivity contribution is -0.110. The first-order valence-electron chi connectivity index (χ1n) is 6.27. The summed E-state index contributed by atoms with van der Waals surface area (Å²) in [6.45, 7) is 13.3. The van der Waals surface area contributed by atoms with E-state index < -0.39 is 0 Å². The van der Waals surface area contributed by atoms with Crippen molar-refractivity contribution < 1.29 is 4.74 Å². The standard InChI is InChI=1S/C13H27NO/c1-6-14-11(12(2,3)4)13(5)9-7-8-10-15-13/h11,14H,6-10H2,1-5H3. The Kier molecular flexibility index (Phi) is 4.19. The Morgan fingerprint density at radius 1 is 1.33 bits per heavy atom. The molecule has 0 spiro atoms. The van der Waals surface area contributed by atoms with Gasteiger partial charge in [-0.25, -0.2) is 0 Å². The highest BCUT2D eigenvalue weighted by molar-refractivity contribution is 4.97. The second-order valence-corrected chi connectivity index (χ2v) is 5.97. The molecule has 15 heavy (non-hydrogen) atoms. The molecule has 90 valence electrons. The first-order valence-corrected chi connectivity index (χ1v) is 6.27. The fraction of sp³-hybridized carbons (Fsp3) is 1.00. The molecule has 0 bridgehead atoms. The molecule has 2 heteroatoms. The van der Waals surface area contributed by atoms with Gasteiger partial charge in [-0.2, -0.15) is 0 Å². The van der Waals surface area contributed by atoms with Crippen LogP contribution in [0.15, 0.2) is 0 Å². The van der Waals surface area contributed by atoms with Gasteiger partial charge in [0.2, 0.25) is 0 Å². The highest BCUT2D eigenvalue weighted by Gasteiger charge is 2.42. The molecule has 1 fully saturated rings. The predicted molar refractivity (Wildman–Crippen MR) is 65.1 cm³/mol. The molecule has 0 saturated carbocycles. The molecule has 0 aliphatic carbocycles. The number of likely N-dealkylation sites (N-methyl/N-ethyl adjacent to an activating group) is 1. The third-order valence-electron chi connectivity index (χ3n) is 3.38. The highest BCUT2D eigenvalue weighted by Crippen LogP contribution is 2.36. The Labute approximate surface area is 94.8 Å². The lowest BCUT2D eigenvalue weighted by atomic mass is 9.74. The van der Waals surface area contributed by atoms with E-state index in [4.69, 9.17) is 4.74 Å². The molecule has 0 aromatic rings. The number of hydrogen-bond acceptors (Lipinski definition) is 2. The van der Waals surface area contributed by atoms with E-state index in [0.717, 1.165) is 13.2 Å². The van der Waals surface area contributed by atoms with Gasteiger partial charge in [0, 0.05) is 12.6 Å². The fourth-order valence-corrected chi connectivity index (χ4v) is 2.83. The zero-order chi connectivity index (χ0) is 11.5. The Balaban J connectivity index is 2.77. The second kappa shape index (κ2) is 4.84. The maximum Gasteiger partial charge on any atom is 0.0811 e. The van der Waals surface area contributed by atoms with Crippen molar-refractivity contribution in [1.29, 1.82) is 0 Å². The van der Waals surface area contributed by atoms with E-state index in [-0.39, 0.29) is 11.0 Å². The van der Waals surface area contributed by atoms with Crippen LogP contribution in [0.2, 0.25) is 0 Å². The molecule has 2 nitrogen and oxygen atoms in total. The van der Waals surface area contributed by atoms with Crippen molar-refractivity contribution in [2.75, 3.05) is 13.2 Å². The first-order chi connectivity index (χ1) is 6.90. The molecule has 1 aliphatic heterocycles. The van der Waals surface area contributed by atoms with Crippen LogP contribution in [0.1, 0.15) is 53.9 Å². The highest BCUT2D eigenvalue weighted by atomic mass is 16.5. The second-order valence-electron chi connectivity index (χ2n) is 5.97. The van der Waals surface area contributed by atoms with Crippen molar-refractivity contribution in [2.45, 2.75) is 65.5 Å². The summed E-state index contributed by atoms with van der Waals surface area (Å²) >= 11 is 0. The molecule has 2 unspecified atom stereocenters. The number of rotatable bonds is 3. The van der Waals surface area contributed by atoms with Crippen LogP contribution < -0.4 is 5.32 Å². The molecule has 1 aliphatic rings. The quantitative estimate of drug-likeness (QED) is 0.778. The summed E-state index contributed by atoms with van der Waals surface area (Å²) in [6, 6.07) is 0.440. The summed E-state index contributed by atoms with van der Waals surface area (Å²) in [5.41, 5.74) is 0.272. The van der Waals surface area contributed by atoms with Gasteiger partial charge in [0.25, 0.3) is 0 Å². The maximum absolute atomic E-state index is 6.04. The molecular weight excluding hydrogens is 186 g/mol. The van der Waals surface area contributed by atoms with Gasteiger partial charge in [0.15, 0.2) is 0 Å². The van der Waals surface area contributed by atoms with Gasteiger partial charge in [0.05, 0.1) is 5.60 Å². The van der Waals surface area contributed by atoms with Gasteiger partial charge >= 0.3 is 0 Å². The van der Waals surface area contributed by atoms with Crippen molar-refractivity contribution in [3.8, 4) is 0 Å². The maximum atomic E-state index is 6.04. The van der Waals surface area contributed by atoms with Gasteiger partial charge in [-0.1, -0.05) is 27.7 Å². The van der Waals surface area contributed by atoms with Crippen LogP contribution in [-0.2, 0) is 4.74 Å². The first kappa shape index (κ1) is 13.0. The SMILES string of the molecule is CCNC(C(C)(C)C)C1(C)CCCCO1. The van der Waals surface area contributed by atoms with E-state index >= 15 is 0 Å². The van der Waals surface area contributed by atoms with Crippen LogP contribution in [0.3, 0.4) is 0 Å². The molecule has 0 radical (unpaired) electrons. The summed E-state index contributed by atoms with van der Waals surface area (Å²) in [5, 5.41) is 3.61. The van der Waals surface area contributed by atoms with Crippen molar-refractivity contribution in [1.82, 2.24) is 5.32 Å². The third kappa shape index (κ3) is 3.18. The molecule has 1 saturated heterocycles. The van der Waals surface area contributed by atoms with Gasteiger partial charge in [-0.15, -0.1) is 0 Å². The molecule has 1 rings (SSSR count). The topological polar surface area (TPSA) is 21.3 Å². The molecule has 0 aromatic carbocycles. The average molecular weight is 213 g/mol. The van der Waals surface area contributed by atoms with Gasteiger partial charge in [-0.3, -0.25) is 0 Å². The summed E-state index contributed by atoms with van der Waals surface area (Å²) in [4.78, 5) is 0. The number of hydrogen-bond donors (Lipinski definition) is 1. The van der Waals surface area contributed by atoms with Crippen molar-refractivity contribution in [3.63, 3.8) is 0 Å². The summed E-state index contributed by atoms with van der Waals surface area (Å²) in [5.74, 6) is 0. The van der Waals surface area contributed by atoms with Crippen LogP contribution in [0, 0.1) is 5.41 Å². The average Bonchev–Trinajstić information content (AvgIpc) is 2.13. The van der Waals surface area contributed by atoms with Gasteiger partial charge in [0.1, 0.15) is 0 Å². The minimum absolute atomic E-state index is 0.0203. The molecule has 2 atom stereocenters. The molecule has 0 amide bonds. The van der Waals surface area contributed by atoms with Crippen molar-refractivity contribution in [2.24, 2.45) is 5.41 Å². The Morgan fingerprint density at radius 3 is 2.40 bits per heavy atom. The van der Waals surface area contributed by atoms with Gasteiger partial charge in [-0.05, 0) is 38.1 Å². The van der Waals surface area contributed by atoms with E-state index in [0.29, 0.717) is 6.04 Å². The Bertz CT molecular complexity index is 189. The predicted octanol–water partition coefficient (Wildman–Crippen LogP) is 2.97. The van der Waals surface area contributed by atoms with Crippen molar-refractivity contribution >= 4 is 0 Å². The largest absolute Gasteiger partial charge is 0.374 e. The van der Waals surface area contributed by atoms with Crippen LogP contribution in [0.25, 0.3) is 0 Å². The molecule has 0 aromatic heterocycles. The normalized spacial score (nSPS) is 30.2. The van der Waals surface area contributed by atoms with E-state index in [1.165, 1.54) is 19.3 Å². The van der Waals surface area contributed by atoms with E-state index in [1.807, 2.05) is 0 Å². The minimum atomic E-state index is 0.0203. The Hall–Kier alpha value is -0.0800. The number of ether oxygens (including phenoxy) is 1. The molecule has 1 N–H and O–H groups in total. The van der Waals surface area contributed by atoms with Gasteiger partial charge < -0.3 is 10.1 Å². The summed E-state index contributed by atoms with van der Waals surface area (Å²) in [7, 11) is 0. The van der Waals surface area contributed by atoms with Crippen LogP contribution in [-0.4, -0.2) is 24.8 Å². The van der Waals surface area contributed by atoms with Crippen LogP contribution in [0.5, 0.6) is 0 Å². The van der Waals surface area contributed by atoms with E-state index in [2.05, 4.69) is 39.9 Å². The van der Waals surface area contributed by atoms with Crippen LogP contribution in [0.4, 0.5) is 0 Å². The third-order valence-corrected chi connectivity index (χ3v) is 3.38. The zero-order valence-corrected chi connectivity index (χ0v) is 11.0. The van der Waals surface area contributed by atoms with Crippen LogP contribution >= 0.6 is 0 Å². The summed E-state index contributed by atoms with van der Waals surface area (Å²) < 4.78 is 6.04. The minimum Gasteiger partial charge on any atom is -0.374 e. The Morgan fingerprint density at radius 2 is 2.00 bits per heavy atom. The van der Waals surface area contributed by atoms with Crippen molar-refractivity contribution in [3.05, 3.63) is 0 Å². The zero-order valence-electron chi connectivity index (χ0n) is 11.0. The lowest BCUT2D eigenvalue weighted by Gasteiger charge is -2.47. The summed E-state index contributed by atoms with van der Waals surface area (Å²) in [6.07, 6.45) is 3.70. The molecular formula is C13H27NO. The molecule has 1 heterocycles. The number of nitrogens with one attached hydrogen (secondary N) is 1. The van der Waals surface area contributed by atoms with E-state index in [1.54, 1.807) is 0 Å². The van der Waals surface area contributed by atoms with E-state index in [9.17, 15) is 0 Å².